The second-order valence-electron chi connectivity index (χ2n) is 8.53. The molecular formula is C25H25F3N2O4. The van der Waals surface area contributed by atoms with E-state index in [9.17, 15) is 18.0 Å². The van der Waals surface area contributed by atoms with E-state index in [1.165, 1.54) is 30.4 Å². The molecule has 1 aliphatic heterocycles. The van der Waals surface area contributed by atoms with Crippen LogP contribution in [0.15, 0.2) is 53.1 Å². The summed E-state index contributed by atoms with van der Waals surface area (Å²) in [5, 5.41) is 11.1. The molecule has 34 heavy (non-hydrogen) atoms. The molecule has 3 aromatic rings. The Morgan fingerprint density at radius 3 is 2.35 bits per heavy atom. The molecule has 1 aromatic heterocycles. The van der Waals surface area contributed by atoms with Crippen LogP contribution in [0.5, 0.6) is 0 Å². The third-order valence-electron chi connectivity index (χ3n) is 6.35. The molecule has 2 aromatic carbocycles. The van der Waals surface area contributed by atoms with Crippen molar-refractivity contribution in [2.24, 2.45) is 0 Å². The summed E-state index contributed by atoms with van der Waals surface area (Å²) < 4.78 is 37.1. The molecule has 2 N–H and O–H groups in total. The number of furan rings is 1. The Kier molecular flexibility index (Phi) is 6.92. The normalized spacial score (nSPS) is 16.6. The predicted molar refractivity (Wildman–Crippen MR) is 121 cm³/mol. The zero-order chi connectivity index (χ0) is 24.3. The molecule has 2 aliphatic rings. The Hall–Kier alpha value is -3.33. The van der Waals surface area contributed by atoms with Gasteiger partial charge in [-0.1, -0.05) is 12.5 Å². The molecule has 180 valence electrons. The first-order valence-electron chi connectivity index (χ1n) is 11.2. The standard InChI is InChI=1S/C23H24N2O2.C2HF3O2/c26-23(19-5-7-22-18(14-19)10-13-27-22)24-20-6-4-16-8-11-25(21-2-1-3-21)12-9-17(16)15-20;3-2(4,5)1(6)7/h4-7,10,13-15,21H,1-3,8-9,11-12H2,(H,24,26);(H,6,7). The second-order valence-corrected chi connectivity index (χ2v) is 8.53. The van der Waals surface area contributed by atoms with Crippen molar-refractivity contribution in [2.75, 3.05) is 18.4 Å². The quantitative estimate of drug-likeness (QED) is 0.540. The Morgan fingerprint density at radius 1 is 1.00 bits per heavy atom. The average Bonchev–Trinajstić information content (AvgIpc) is 3.13. The third kappa shape index (κ3) is 5.59. The minimum absolute atomic E-state index is 0.0808. The van der Waals surface area contributed by atoms with Gasteiger partial charge in [0.15, 0.2) is 0 Å². The molecule has 0 atom stereocenters. The number of hydrogen-bond donors (Lipinski definition) is 2. The van der Waals surface area contributed by atoms with Gasteiger partial charge in [0.25, 0.3) is 5.91 Å². The molecule has 0 bridgehead atoms. The van der Waals surface area contributed by atoms with Gasteiger partial charge in [-0.05, 0) is 73.2 Å². The lowest BCUT2D eigenvalue weighted by Gasteiger charge is -2.36. The van der Waals surface area contributed by atoms with E-state index in [0.29, 0.717) is 5.56 Å². The summed E-state index contributed by atoms with van der Waals surface area (Å²) in [4.78, 5) is 24.2. The van der Waals surface area contributed by atoms with E-state index in [1.54, 1.807) is 12.3 Å². The van der Waals surface area contributed by atoms with Gasteiger partial charge in [-0.3, -0.25) is 9.69 Å². The van der Waals surface area contributed by atoms with Crippen LogP contribution in [0.4, 0.5) is 18.9 Å². The van der Waals surface area contributed by atoms with Crippen molar-refractivity contribution in [2.45, 2.75) is 44.3 Å². The van der Waals surface area contributed by atoms with Crippen LogP contribution in [-0.4, -0.2) is 47.2 Å². The van der Waals surface area contributed by atoms with E-state index in [-0.39, 0.29) is 5.91 Å². The first-order chi connectivity index (χ1) is 16.2. The summed E-state index contributed by atoms with van der Waals surface area (Å²) in [6, 6.07) is 14.6. The van der Waals surface area contributed by atoms with Crippen molar-refractivity contribution in [3.05, 3.63) is 65.4 Å². The average molecular weight is 474 g/mol. The van der Waals surface area contributed by atoms with E-state index >= 15 is 0 Å². The number of amides is 1. The zero-order valence-corrected chi connectivity index (χ0v) is 18.4. The minimum atomic E-state index is -5.08. The third-order valence-corrected chi connectivity index (χ3v) is 6.35. The lowest BCUT2D eigenvalue weighted by molar-refractivity contribution is -0.192. The van der Waals surface area contributed by atoms with Crippen molar-refractivity contribution in [1.29, 1.82) is 0 Å². The highest BCUT2D eigenvalue weighted by molar-refractivity contribution is 6.06. The molecule has 1 aliphatic carbocycles. The van der Waals surface area contributed by atoms with E-state index in [0.717, 1.165) is 48.6 Å². The van der Waals surface area contributed by atoms with Crippen molar-refractivity contribution in [3.8, 4) is 0 Å². The highest BCUT2D eigenvalue weighted by Gasteiger charge is 2.38. The zero-order valence-electron chi connectivity index (χ0n) is 18.4. The summed E-state index contributed by atoms with van der Waals surface area (Å²) in [5.41, 5.74) is 5.13. The molecule has 2 heterocycles. The maximum Gasteiger partial charge on any atom is 0.490 e. The van der Waals surface area contributed by atoms with Gasteiger partial charge in [-0.25, -0.2) is 4.79 Å². The van der Waals surface area contributed by atoms with Crippen molar-refractivity contribution < 1.29 is 32.3 Å². The van der Waals surface area contributed by atoms with Crippen LogP contribution < -0.4 is 5.32 Å². The maximum absolute atomic E-state index is 12.7. The van der Waals surface area contributed by atoms with E-state index in [4.69, 9.17) is 14.3 Å². The highest BCUT2D eigenvalue weighted by atomic mass is 19.4. The van der Waals surface area contributed by atoms with E-state index < -0.39 is 12.1 Å². The van der Waals surface area contributed by atoms with E-state index in [1.807, 2.05) is 24.3 Å². The van der Waals surface area contributed by atoms with Gasteiger partial charge in [0.2, 0.25) is 0 Å². The summed E-state index contributed by atoms with van der Waals surface area (Å²) in [6.45, 7) is 2.29. The number of hydrogen-bond acceptors (Lipinski definition) is 4. The van der Waals surface area contributed by atoms with Gasteiger partial charge < -0.3 is 14.8 Å². The molecule has 6 nitrogen and oxygen atoms in total. The Balaban J connectivity index is 0.000000344. The first-order valence-corrected chi connectivity index (χ1v) is 11.2. The van der Waals surface area contributed by atoms with Gasteiger partial charge in [0.1, 0.15) is 5.58 Å². The number of rotatable bonds is 3. The lowest BCUT2D eigenvalue weighted by atomic mass is 9.91. The molecule has 1 fully saturated rings. The van der Waals surface area contributed by atoms with E-state index in [2.05, 4.69) is 22.3 Å². The van der Waals surface area contributed by atoms with Crippen LogP contribution in [0.3, 0.4) is 0 Å². The molecule has 1 saturated carbocycles. The van der Waals surface area contributed by atoms with Crippen LogP contribution in [0.25, 0.3) is 11.0 Å². The van der Waals surface area contributed by atoms with Gasteiger partial charge >= 0.3 is 12.1 Å². The summed E-state index contributed by atoms with van der Waals surface area (Å²) >= 11 is 0. The molecule has 0 unspecified atom stereocenters. The number of carbonyl (C=O) groups excluding carboxylic acids is 1. The largest absolute Gasteiger partial charge is 0.490 e. The minimum Gasteiger partial charge on any atom is -0.475 e. The topological polar surface area (TPSA) is 82.8 Å². The van der Waals surface area contributed by atoms with Gasteiger partial charge in [-0.15, -0.1) is 0 Å². The molecule has 0 spiro atoms. The fourth-order valence-electron chi connectivity index (χ4n) is 4.25. The molecule has 1 amide bonds. The number of benzene rings is 2. The summed E-state index contributed by atoms with van der Waals surface area (Å²) in [6.07, 6.45) is 2.84. The highest BCUT2D eigenvalue weighted by Crippen LogP contribution is 2.28. The number of nitrogens with zero attached hydrogens (tertiary/aromatic N) is 1. The fourth-order valence-corrected chi connectivity index (χ4v) is 4.25. The number of nitrogens with one attached hydrogen (secondary N) is 1. The van der Waals surface area contributed by atoms with Crippen molar-refractivity contribution in [1.82, 2.24) is 4.90 Å². The predicted octanol–water partition coefficient (Wildman–Crippen LogP) is 5.27. The van der Waals surface area contributed by atoms with Gasteiger partial charge in [0.05, 0.1) is 6.26 Å². The first kappa shape index (κ1) is 23.8. The molecule has 0 radical (unpaired) electrons. The van der Waals surface area contributed by atoms with Crippen LogP contribution in [0, 0.1) is 0 Å². The summed E-state index contributed by atoms with van der Waals surface area (Å²) in [5.74, 6) is -2.84. The number of halogens is 3. The van der Waals surface area contributed by atoms with Gasteiger partial charge in [0, 0.05) is 35.8 Å². The number of aliphatic carboxylic acids is 1. The summed E-state index contributed by atoms with van der Waals surface area (Å²) in [7, 11) is 0. The van der Waals surface area contributed by atoms with Crippen molar-refractivity contribution in [3.63, 3.8) is 0 Å². The number of carboxylic acid groups (broad SMARTS) is 1. The number of carboxylic acids is 1. The van der Waals surface area contributed by atoms with Crippen LogP contribution >= 0.6 is 0 Å². The number of carbonyl (C=O) groups is 2. The van der Waals surface area contributed by atoms with Crippen LogP contribution in [-0.2, 0) is 17.6 Å². The lowest BCUT2D eigenvalue weighted by Crippen LogP contribution is -2.41. The van der Waals surface area contributed by atoms with Gasteiger partial charge in [-0.2, -0.15) is 13.2 Å². The molecule has 5 rings (SSSR count). The second kappa shape index (κ2) is 9.89. The maximum atomic E-state index is 12.7. The Morgan fingerprint density at radius 2 is 1.71 bits per heavy atom. The Bertz CT molecular complexity index is 1180. The smallest absolute Gasteiger partial charge is 0.475 e. The monoisotopic (exact) mass is 474 g/mol. The number of alkyl halides is 3. The number of fused-ring (bicyclic) bond motifs is 2. The fraction of sp³-hybridized carbons (Fsp3) is 0.360. The van der Waals surface area contributed by atoms with Crippen LogP contribution in [0.2, 0.25) is 0 Å². The number of anilines is 1. The molecule has 0 saturated heterocycles. The Labute approximate surface area is 194 Å². The van der Waals surface area contributed by atoms with Crippen molar-refractivity contribution >= 4 is 28.5 Å². The SMILES string of the molecule is O=C(Nc1ccc2c(c1)CCN(C1CCC1)CC2)c1ccc2occc2c1.O=C(O)C(F)(F)F. The molecular weight excluding hydrogens is 449 g/mol. The van der Waals surface area contributed by atoms with Crippen LogP contribution in [0.1, 0.15) is 40.7 Å². The molecule has 9 heteroatoms.